The fraction of sp³-hybridized carbons (Fsp3) is 0.174. The second-order valence-corrected chi connectivity index (χ2v) is 7.03. The summed E-state index contributed by atoms with van der Waals surface area (Å²) in [6, 6.07) is 16.1. The number of carbonyl (C=O) groups excluding carboxylic acids is 1. The van der Waals surface area contributed by atoms with E-state index in [0.29, 0.717) is 35.6 Å². The Hall–Kier alpha value is -3.54. The molecule has 6 heteroatoms. The van der Waals surface area contributed by atoms with Crippen molar-refractivity contribution in [2.24, 2.45) is 0 Å². The molecule has 0 fully saturated rings. The van der Waals surface area contributed by atoms with E-state index in [9.17, 15) is 9.18 Å². The lowest BCUT2D eigenvalue weighted by atomic mass is 10.0. The van der Waals surface area contributed by atoms with Crippen LogP contribution in [0.4, 0.5) is 4.39 Å². The second-order valence-electron chi connectivity index (χ2n) is 7.03. The minimum Gasteiger partial charge on any atom is -0.352 e. The fourth-order valence-electron chi connectivity index (χ4n) is 3.48. The lowest BCUT2D eigenvalue weighted by Gasteiger charge is -2.09. The molecule has 4 aromatic rings. The molecule has 146 valence electrons. The number of carbonyl (C=O) groups is 1. The first-order chi connectivity index (χ1) is 14.0. The van der Waals surface area contributed by atoms with Crippen LogP contribution in [0.5, 0.6) is 0 Å². The number of nitrogens with zero attached hydrogens (tertiary/aromatic N) is 3. The lowest BCUT2D eigenvalue weighted by Crippen LogP contribution is -2.26. The molecule has 0 saturated heterocycles. The SMILES string of the molecule is Cc1cccc(C)c1-c1nnc2ccc(C(=O)NCCc3ccccc3F)cn12. The summed E-state index contributed by atoms with van der Waals surface area (Å²) >= 11 is 0. The van der Waals surface area contributed by atoms with Crippen molar-refractivity contribution in [3.8, 4) is 11.4 Å². The number of amides is 1. The molecule has 0 unspecified atom stereocenters. The van der Waals surface area contributed by atoms with Crippen LogP contribution < -0.4 is 5.32 Å². The van der Waals surface area contributed by atoms with Gasteiger partial charge in [-0.25, -0.2) is 4.39 Å². The average molecular weight is 388 g/mol. The van der Waals surface area contributed by atoms with Crippen LogP contribution in [0.15, 0.2) is 60.8 Å². The highest BCUT2D eigenvalue weighted by atomic mass is 19.1. The first kappa shape index (κ1) is 18.8. The zero-order valence-electron chi connectivity index (χ0n) is 16.3. The Balaban J connectivity index is 1.57. The van der Waals surface area contributed by atoms with Gasteiger partial charge in [0.25, 0.3) is 5.91 Å². The molecular formula is C23H21FN4O. The van der Waals surface area contributed by atoms with E-state index in [4.69, 9.17) is 0 Å². The van der Waals surface area contributed by atoms with Gasteiger partial charge < -0.3 is 5.32 Å². The van der Waals surface area contributed by atoms with Crippen molar-refractivity contribution >= 4 is 11.6 Å². The molecule has 1 amide bonds. The number of aryl methyl sites for hydroxylation is 2. The van der Waals surface area contributed by atoms with Crippen LogP contribution in [0.25, 0.3) is 17.0 Å². The molecule has 29 heavy (non-hydrogen) atoms. The van der Waals surface area contributed by atoms with Gasteiger partial charge in [0.15, 0.2) is 11.5 Å². The van der Waals surface area contributed by atoms with E-state index in [-0.39, 0.29) is 11.7 Å². The summed E-state index contributed by atoms with van der Waals surface area (Å²) in [4.78, 5) is 12.6. The molecule has 0 aliphatic carbocycles. The van der Waals surface area contributed by atoms with E-state index in [1.807, 2.05) is 36.4 Å². The van der Waals surface area contributed by atoms with Crippen LogP contribution in [-0.4, -0.2) is 27.0 Å². The van der Waals surface area contributed by atoms with Gasteiger partial charge in [0.2, 0.25) is 0 Å². The zero-order valence-corrected chi connectivity index (χ0v) is 16.3. The monoisotopic (exact) mass is 388 g/mol. The molecule has 0 spiro atoms. The molecule has 0 aliphatic rings. The highest BCUT2D eigenvalue weighted by Gasteiger charge is 2.15. The van der Waals surface area contributed by atoms with Gasteiger partial charge in [-0.2, -0.15) is 0 Å². The molecule has 0 aliphatic heterocycles. The first-order valence-corrected chi connectivity index (χ1v) is 9.47. The van der Waals surface area contributed by atoms with Crippen LogP contribution in [0.1, 0.15) is 27.0 Å². The van der Waals surface area contributed by atoms with Gasteiger partial charge in [0, 0.05) is 18.3 Å². The van der Waals surface area contributed by atoms with Crippen molar-refractivity contribution in [2.75, 3.05) is 6.54 Å². The molecule has 0 radical (unpaired) electrons. The lowest BCUT2D eigenvalue weighted by molar-refractivity contribution is 0.0953. The molecule has 1 N–H and O–H groups in total. The molecule has 0 saturated carbocycles. The smallest absolute Gasteiger partial charge is 0.252 e. The molecule has 0 bridgehead atoms. The standard InChI is InChI=1S/C23H21FN4O/c1-15-6-5-7-16(2)21(15)22-27-26-20-11-10-18(14-28(20)22)23(29)25-13-12-17-8-3-4-9-19(17)24/h3-11,14H,12-13H2,1-2H3,(H,25,29). The van der Waals surface area contributed by atoms with Crippen molar-refractivity contribution < 1.29 is 9.18 Å². The maximum Gasteiger partial charge on any atom is 0.252 e. The Kier molecular flexibility index (Phi) is 5.08. The van der Waals surface area contributed by atoms with Crippen LogP contribution in [0.3, 0.4) is 0 Å². The Morgan fingerprint density at radius 1 is 1.00 bits per heavy atom. The summed E-state index contributed by atoms with van der Waals surface area (Å²) in [7, 11) is 0. The third-order valence-electron chi connectivity index (χ3n) is 5.01. The number of fused-ring (bicyclic) bond motifs is 1. The molecule has 2 aromatic carbocycles. The highest BCUT2D eigenvalue weighted by Crippen LogP contribution is 2.26. The van der Waals surface area contributed by atoms with E-state index in [1.165, 1.54) is 6.07 Å². The predicted octanol–water partition coefficient (Wildman–Crippen LogP) is 4.12. The number of aromatic nitrogens is 3. The third-order valence-corrected chi connectivity index (χ3v) is 5.01. The number of rotatable bonds is 5. The summed E-state index contributed by atoms with van der Waals surface area (Å²) < 4.78 is 15.6. The third kappa shape index (κ3) is 3.74. The van der Waals surface area contributed by atoms with Crippen LogP contribution in [0, 0.1) is 19.7 Å². The van der Waals surface area contributed by atoms with Gasteiger partial charge in [0.1, 0.15) is 5.82 Å². The number of halogens is 1. The van der Waals surface area contributed by atoms with Gasteiger partial charge in [-0.15, -0.1) is 10.2 Å². The van der Waals surface area contributed by atoms with E-state index >= 15 is 0 Å². The minimum absolute atomic E-state index is 0.218. The van der Waals surface area contributed by atoms with Gasteiger partial charge in [-0.05, 0) is 55.2 Å². The maximum absolute atomic E-state index is 13.7. The first-order valence-electron chi connectivity index (χ1n) is 9.47. The van der Waals surface area contributed by atoms with Crippen molar-refractivity contribution in [2.45, 2.75) is 20.3 Å². The van der Waals surface area contributed by atoms with Crippen LogP contribution >= 0.6 is 0 Å². The van der Waals surface area contributed by atoms with Gasteiger partial charge in [0.05, 0.1) is 5.56 Å². The number of benzene rings is 2. The molecule has 2 aromatic heterocycles. The van der Waals surface area contributed by atoms with E-state index in [2.05, 4.69) is 15.5 Å². The summed E-state index contributed by atoms with van der Waals surface area (Å²) in [5.74, 6) is 0.229. The van der Waals surface area contributed by atoms with Crippen LogP contribution in [0.2, 0.25) is 0 Å². The second kappa shape index (κ2) is 7.83. The predicted molar refractivity (Wildman–Crippen MR) is 110 cm³/mol. The number of hydrogen-bond donors (Lipinski definition) is 1. The zero-order chi connectivity index (χ0) is 20.4. The average Bonchev–Trinajstić information content (AvgIpc) is 3.12. The quantitative estimate of drug-likeness (QED) is 0.559. The summed E-state index contributed by atoms with van der Waals surface area (Å²) in [6.45, 7) is 4.41. The van der Waals surface area contributed by atoms with Crippen molar-refractivity contribution in [3.05, 3.63) is 88.9 Å². The Morgan fingerprint density at radius 2 is 1.76 bits per heavy atom. The van der Waals surface area contributed by atoms with Gasteiger partial charge in [-0.1, -0.05) is 36.4 Å². The fourth-order valence-corrected chi connectivity index (χ4v) is 3.48. The largest absolute Gasteiger partial charge is 0.352 e. The summed E-state index contributed by atoms with van der Waals surface area (Å²) in [5.41, 5.74) is 4.96. The molecule has 2 heterocycles. The topological polar surface area (TPSA) is 59.3 Å². The van der Waals surface area contributed by atoms with Gasteiger partial charge in [-0.3, -0.25) is 9.20 Å². The van der Waals surface area contributed by atoms with Crippen molar-refractivity contribution in [1.82, 2.24) is 19.9 Å². The van der Waals surface area contributed by atoms with Crippen molar-refractivity contribution in [1.29, 1.82) is 0 Å². The minimum atomic E-state index is -0.258. The van der Waals surface area contributed by atoms with E-state index in [1.54, 1.807) is 36.5 Å². The van der Waals surface area contributed by atoms with E-state index < -0.39 is 0 Å². The molecule has 0 atom stereocenters. The van der Waals surface area contributed by atoms with E-state index in [0.717, 1.165) is 16.7 Å². The Morgan fingerprint density at radius 3 is 2.52 bits per heavy atom. The normalized spacial score (nSPS) is 11.0. The highest BCUT2D eigenvalue weighted by molar-refractivity contribution is 5.94. The number of hydrogen-bond acceptors (Lipinski definition) is 3. The molecule has 4 rings (SSSR count). The van der Waals surface area contributed by atoms with Crippen molar-refractivity contribution in [3.63, 3.8) is 0 Å². The maximum atomic E-state index is 13.7. The number of pyridine rings is 1. The summed E-state index contributed by atoms with van der Waals surface area (Å²) in [5, 5.41) is 11.4. The summed E-state index contributed by atoms with van der Waals surface area (Å²) in [6.07, 6.45) is 2.18. The number of nitrogens with one attached hydrogen (secondary N) is 1. The molecule has 5 nitrogen and oxygen atoms in total. The Labute approximate surface area is 168 Å². The Bertz CT molecular complexity index is 1180. The molecular weight excluding hydrogens is 367 g/mol. The van der Waals surface area contributed by atoms with Crippen LogP contribution in [-0.2, 0) is 6.42 Å². The van der Waals surface area contributed by atoms with Gasteiger partial charge >= 0.3 is 0 Å².